The first-order chi connectivity index (χ1) is 29.9. The van der Waals surface area contributed by atoms with Crippen molar-refractivity contribution in [2.24, 2.45) is 10.7 Å². The number of guanidine groups is 1. The maximum absolute atomic E-state index is 12.8. The van der Waals surface area contributed by atoms with Crippen LogP contribution in [0.1, 0.15) is 55.8 Å². The fraction of sp³-hybridized carbons (Fsp3) is 0.674. The first-order valence-electron chi connectivity index (χ1n) is 21.7. The summed E-state index contributed by atoms with van der Waals surface area (Å²) in [7, 11) is 3.49. The van der Waals surface area contributed by atoms with Gasteiger partial charge in [0.25, 0.3) is 0 Å². The first kappa shape index (κ1) is 51.2. The van der Waals surface area contributed by atoms with Crippen molar-refractivity contribution in [1.82, 2.24) is 25.0 Å². The second kappa shape index (κ2) is 32.6. The second-order valence-electron chi connectivity index (χ2n) is 14.4. The number of rotatable bonds is 35. The number of methoxy groups -OCH3 is 1. The van der Waals surface area contributed by atoms with E-state index in [2.05, 4.69) is 51.0 Å². The van der Waals surface area contributed by atoms with Gasteiger partial charge in [0.1, 0.15) is 5.75 Å². The minimum absolute atomic E-state index is 0.00988. The van der Waals surface area contributed by atoms with E-state index < -0.39 is 0 Å². The highest BCUT2D eigenvalue weighted by Crippen LogP contribution is 2.25. The standard InChI is InChI=1S/C43H73N9O9/c1-4-5-6-12-48-43(45)49-38-10-15-52(39(38)33-44)35-37-8-7-36(32-40(37)55-3)34-50-16-18-51(19-17-50)42(54)11-20-56-22-24-58-26-28-60-30-31-61-29-27-59-25-23-57-21-14-47-41(53)9-13-46-2/h7-8,10,15,32-33,44,46H,4-6,9,11-14,16-31,34-35H2,1-3H3,(H,47,53)(H3,45,48,49). The minimum Gasteiger partial charge on any atom is -0.496 e. The lowest BCUT2D eigenvalue weighted by Gasteiger charge is -2.35. The number of piperazine rings is 1. The Morgan fingerprint density at radius 3 is 2.02 bits per heavy atom. The van der Waals surface area contributed by atoms with E-state index in [-0.39, 0.29) is 11.8 Å². The normalized spacial score (nSPS) is 13.4. The van der Waals surface area contributed by atoms with Crippen LogP contribution in [0.25, 0.3) is 0 Å². The summed E-state index contributed by atoms with van der Waals surface area (Å²) in [5.74, 6) is 1.25. The van der Waals surface area contributed by atoms with E-state index in [9.17, 15) is 9.59 Å². The number of nitrogens with zero attached hydrogens (tertiary/aromatic N) is 4. The molecule has 18 nitrogen and oxygen atoms in total. The van der Waals surface area contributed by atoms with Crippen molar-refractivity contribution in [2.45, 2.75) is 52.1 Å². The van der Waals surface area contributed by atoms with E-state index in [1.165, 1.54) is 6.21 Å². The summed E-state index contributed by atoms with van der Waals surface area (Å²) in [4.78, 5) is 33.0. The molecule has 1 aromatic heterocycles. The molecule has 0 aliphatic carbocycles. The van der Waals surface area contributed by atoms with Gasteiger partial charge in [-0.2, -0.15) is 0 Å². The van der Waals surface area contributed by atoms with Gasteiger partial charge in [0.15, 0.2) is 5.96 Å². The molecule has 1 fully saturated rings. The van der Waals surface area contributed by atoms with Gasteiger partial charge in [-0.05, 0) is 31.2 Å². The maximum Gasteiger partial charge on any atom is 0.224 e. The van der Waals surface area contributed by atoms with Crippen LogP contribution >= 0.6 is 0 Å². The van der Waals surface area contributed by atoms with Gasteiger partial charge in [-0.3, -0.25) is 19.5 Å². The number of nitrogens with two attached hydrogens (primary N) is 1. The predicted octanol–water partition coefficient (Wildman–Crippen LogP) is 2.32. The van der Waals surface area contributed by atoms with Gasteiger partial charge >= 0.3 is 0 Å². The third-order valence-electron chi connectivity index (χ3n) is 9.76. The summed E-state index contributed by atoms with van der Waals surface area (Å²) >= 11 is 0. The monoisotopic (exact) mass is 860 g/mol. The van der Waals surface area contributed by atoms with Crippen molar-refractivity contribution in [3.05, 3.63) is 47.3 Å². The van der Waals surface area contributed by atoms with E-state index in [0.717, 1.165) is 61.5 Å². The molecule has 6 N–H and O–H groups in total. The average molecular weight is 860 g/mol. The number of hydrogen-bond acceptors (Lipinski definition) is 13. The molecule has 1 aliphatic heterocycles. The Morgan fingerprint density at radius 1 is 0.803 bits per heavy atom. The number of aliphatic imine (C=N–C) groups is 1. The van der Waals surface area contributed by atoms with Crippen molar-refractivity contribution in [3.63, 3.8) is 0 Å². The molecule has 0 spiro atoms. The molecule has 1 aliphatic rings. The minimum atomic E-state index is 0.00988. The van der Waals surface area contributed by atoms with Crippen molar-refractivity contribution in [3.8, 4) is 5.75 Å². The van der Waals surface area contributed by atoms with Gasteiger partial charge < -0.3 is 69.7 Å². The summed E-state index contributed by atoms with van der Waals surface area (Å²) in [6, 6.07) is 8.18. The highest BCUT2D eigenvalue weighted by Gasteiger charge is 2.21. The Morgan fingerprint density at radius 2 is 1.43 bits per heavy atom. The van der Waals surface area contributed by atoms with Crippen molar-refractivity contribution < 1.29 is 42.7 Å². The summed E-state index contributed by atoms with van der Waals surface area (Å²) in [5, 5.41) is 16.9. The Labute approximate surface area is 362 Å². The van der Waals surface area contributed by atoms with Crippen LogP contribution in [0.3, 0.4) is 0 Å². The zero-order chi connectivity index (χ0) is 43.8. The topological polar surface area (TPSA) is 208 Å². The van der Waals surface area contributed by atoms with Gasteiger partial charge in [-0.1, -0.05) is 31.9 Å². The summed E-state index contributed by atoms with van der Waals surface area (Å²) < 4.78 is 40.9. The molecule has 3 rings (SSSR count). The fourth-order valence-electron chi connectivity index (χ4n) is 6.35. The SMILES string of the molecule is CCCCCN=C(N)Nc1ccn(Cc2ccc(CN3CCN(C(=O)CCOCCOCCOCCOCCOCCOCCNC(=O)CCNC)CC3)cc2OC)c1C=N. The number of aromatic nitrogens is 1. The van der Waals surface area contributed by atoms with Crippen LogP contribution in [0.15, 0.2) is 35.5 Å². The van der Waals surface area contributed by atoms with Crippen LogP contribution in [0.2, 0.25) is 0 Å². The summed E-state index contributed by atoms with van der Waals surface area (Å²) in [6.07, 6.45) is 7.30. The zero-order valence-corrected chi connectivity index (χ0v) is 36.9. The number of carbonyl (C=O) groups is 2. The fourth-order valence-corrected chi connectivity index (χ4v) is 6.35. The Kier molecular flexibility index (Phi) is 27.3. The largest absolute Gasteiger partial charge is 0.496 e. The Balaban J connectivity index is 1.17. The maximum atomic E-state index is 12.8. The van der Waals surface area contributed by atoms with Crippen LogP contribution in [0.5, 0.6) is 5.75 Å². The highest BCUT2D eigenvalue weighted by atomic mass is 16.6. The van der Waals surface area contributed by atoms with Crippen molar-refractivity contribution in [2.75, 3.05) is 145 Å². The number of hydrogen-bond donors (Lipinski definition) is 5. The molecule has 0 radical (unpaired) electrons. The molecule has 2 amide bonds. The first-order valence-corrected chi connectivity index (χ1v) is 21.7. The lowest BCUT2D eigenvalue weighted by atomic mass is 10.1. The predicted molar refractivity (Wildman–Crippen MR) is 237 cm³/mol. The molecule has 0 atom stereocenters. The molecule has 0 saturated carbocycles. The van der Waals surface area contributed by atoms with E-state index in [0.29, 0.717) is 143 Å². The van der Waals surface area contributed by atoms with Crippen LogP contribution in [-0.2, 0) is 51.1 Å². The average Bonchev–Trinajstić information content (AvgIpc) is 3.65. The lowest BCUT2D eigenvalue weighted by molar-refractivity contribution is -0.134. The van der Waals surface area contributed by atoms with Crippen molar-refractivity contribution >= 4 is 29.7 Å². The third-order valence-corrected chi connectivity index (χ3v) is 9.76. The van der Waals surface area contributed by atoms with E-state index in [4.69, 9.17) is 44.3 Å². The number of ether oxygens (including phenoxy) is 7. The van der Waals surface area contributed by atoms with E-state index >= 15 is 0 Å². The van der Waals surface area contributed by atoms with Gasteiger partial charge in [0.05, 0.1) is 111 Å². The second-order valence-corrected chi connectivity index (χ2v) is 14.4. The lowest BCUT2D eigenvalue weighted by Crippen LogP contribution is -2.48. The molecule has 344 valence electrons. The number of anilines is 1. The molecule has 1 aromatic carbocycles. The molecule has 2 heterocycles. The van der Waals surface area contributed by atoms with Crippen molar-refractivity contribution in [1.29, 1.82) is 5.41 Å². The molecule has 18 heteroatoms. The summed E-state index contributed by atoms with van der Waals surface area (Å²) in [5.41, 5.74) is 9.69. The summed E-state index contributed by atoms with van der Waals surface area (Å²) in [6.45, 7) is 13.6. The highest BCUT2D eigenvalue weighted by molar-refractivity contribution is 5.97. The zero-order valence-electron chi connectivity index (χ0n) is 36.9. The molecule has 2 aromatic rings. The number of unbranched alkanes of at least 4 members (excludes halogenated alkanes) is 2. The number of benzene rings is 1. The van der Waals surface area contributed by atoms with Crippen LogP contribution in [0.4, 0.5) is 5.69 Å². The smallest absolute Gasteiger partial charge is 0.224 e. The van der Waals surface area contributed by atoms with Gasteiger partial charge in [-0.25, -0.2) is 0 Å². The van der Waals surface area contributed by atoms with Crippen LogP contribution in [-0.4, -0.2) is 178 Å². The molecule has 0 unspecified atom stereocenters. The third kappa shape index (κ3) is 22.0. The van der Waals surface area contributed by atoms with Crippen LogP contribution < -0.4 is 26.4 Å². The van der Waals surface area contributed by atoms with Gasteiger partial charge in [0, 0.05) is 76.8 Å². The molecular formula is C43H73N9O9. The molecular weight excluding hydrogens is 787 g/mol. The van der Waals surface area contributed by atoms with Gasteiger partial charge in [-0.15, -0.1) is 0 Å². The number of amides is 2. The Bertz CT molecular complexity index is 1540. The molecule has 1 saturated heterocycles. The van der Waals surface area contributed by atoms with Crippen LogP contribution in [0, 0.1) is 5.41 Å². The number of carbonyl (C=O) groups excluding carboxylic acids is 2. The quantitative estimate of drug-likeness (QED) is 0.0384. The van der Waals surface area contributed by atoms with E-state index in [1.54, 1.807) is 7.11 Å². The Hall–Kier alpha value is -4.14. The number of nitrogens with one attached hydrogen (secondary N) is 4. The molecule has 61 heavy (non-hydrogen) atoms. The molecule has 0 bridgehead atoms. The van der Waals surface area contributed by atoms with E-state index in [1.807, 2.05) is 28.8 Å². The van der Waals surface area contributed by atoms with Gasteiger partial charge in [0.2, 0.25) is 11.8 Å².